The molecule has 8 N–H and O–H groups in total. The van der Waals surface area contributed by atoms with Crippen molar-refractivity contribution >= 4 is 25.0 Å². The molecule has 1 atom stereocenters. The van der Waals surface area contributed by atoms with Gasteiger partial charge < -0.3 is 41.2 Å². The van der Waals surface area contributed by atoms with Crippen molar-refractivity contribution in [3.8, 4) is 11.5 Å². The Bertz CT molecular complexity index is 857. The highest BCUT2D eigenvalue weighted by Crippen LogP contribution is 2.34. The predicted octanol–water partition coefficient (Wildman–Crippen LogP) is -1.52. The van der Waals surface area contributed by atoms with Gasteiger partial charge in [0, 0.05) is 26.2 Å². The number of likely N-dealkylation sites (tertiary alicyclic amines) is 1. The number of aromatic carboxylic acids is 1. The van der Waals surface area contributed by atoms with Gasteiger partial charge in [0.2, 0.25) is 5.91 Å². The SMILES string of the molecule is C[C@@](N)(CN1CC(Oc2ccc(CCB(O)O)c(O)c2C(=O)O)C1)C(=O)NCCC(=O)O. The number of amides is 1. The largest absolute Gasteiger partial charge is 0.507 e. The van der Waals surface area contributed by atoms with Crippen LogP contribution in [0.5, 0.6) is 11.5 Å². The highest BCUT2D eigenvalue weighted by atomic mass is 16.5. The van der Waals surface area contributed by atoms with Crippen LogP contribution in [0.15, 0.2) is 12.1 Å². The summed E-state index contributed by atoms with van der Waals surface area (Å²) in [4.78, 5) is 36.2. The van der Waals surface area contributed by atoms with Crippen molar-refractivity contribution < 1.29 is 44.5 Å². The molecule has 0 aromatic heterocycles. The topological polar surface area (TPSA) is 203 Å². The number of nitrogens with one attached hydrogen (secondary N) is 1. The van der Waals surface area contributed by atoms with Crippen LogP contribution in [-0.2, 0) is 16.0 Å². The van der Waals surface area contributed by atoms with Crippen molar-refractivity contribution in [1.82, 2.24) is 10.2 Å². The number of carboxylic acids is 2. The molecule has 13 heteroatoms. The van der Waals surface area contributed by atoms with E-state index in [1.54, 1.807) is 0 Å². The van der Waals surface area contributed by atoms with E-state index in [0.29, 0.717) is 13.1 Å². The molecule has 32 heavy (non-hydrogen) atoms. The molecular weight excluding hydrogens is 425 g/mol. The van der Waals surface area contributed by atoms with Crippen LogP contribution >= 0.6 is 0 Å². The summed E-state index contributed by atoms with van der Waals surface area (Å²) < 4.78 is 5.71. The lowest BCUT2D eigenvalue weighted by Crippen LogP contribution is -2.64. The van der Waals surface area contributed by atoms with E-state index in [9.17, 15) is 24.6 Å². The minimum absolute atomic E-state index is 0.0186. The third-order valence-electron chi connectivity index (χ3n) is 5.02. The number of hydrogen-bond donors (Lipinski definition) is 7. The Morgan fingerprint density at radius 3 is 2.50 bits per heavy atom. The van der Waals surface area contributed by atoms with Crippen LogP contribution in [-0.4, -0.2) is 93.1 Å². The van der Waals surface area contributed by atoms with Crippen LogP contribution in [0.4, 0.5) is 0 Å². The normalized spacial score (nSPS) is 16.0. The first-order valence-corrected chi connectivity index (χ1v) is 10.0. The van der Waals surface area contributed by atoms with Gasteiger partial charge in [-0.05, 0) is 31.3 Å². The molecule has 2 rings (SSSR count). The van der Waals surface area contributed by atoms with Crippen molar-refractivity contribution in [3.63, 3.8) is 0 Å². The number of aliphatic carboxylic acids is 1. The van der Waals surface area contributed by atoms with Gasteiger partial charge in [-0.15, -0.1) is 0 Å². The van der Waals surface area contributed by atoms with Gasteiger partial charge in [-0.1, -0.05) is 6.07 Å². The van der Waals surface area contributed by atoms with Gasteiger partial charge in [-0.3, -0.25) is 14.5 Å². The molecule has 1 saturated heterocycles. The number of carboxylic acid groups (broad SMARTS) is 2. The number of nitrogens with zero attached hydrogens (tertiary/aromatic N) is 1. The number of aromatic hydroxyl groups is 1. The molecule has 1 aliphatic rings. The first kappa shape index (κ1) is 25.4. The molecule has 1 aromatic rings. The first-order chi connectivity index (χ1) is 14.9. The molecule has 0 bridgehead atoms. The molecule has 0 spiro atoms. The second kappa shape index (κ2) is 10.6. The zero-order valence-electron chi connectivity index (χ0n) is 17.7. The van der Waals surface area contributed by atoms with Crippen molar-refractivity contribution in [2.24, 2.45) is 5.73 Å². The van der Waals surface area contributed by atoms with Gasteiger partial charge in [0.15, 0.2) is 0 Å². The molecule has 0 saturated carbocycles. The van der Waals surface area contributed by atoms with Gasteiger partial charge in [-0.2, -0.15) is 0 Å². The van der Waals surface area contributed by atoms with E-state index in [1.807, 2.05) is 4.90 Å². The van der Waals surface area contributed by atoms with Crippen LogP contribution in [0, 0.1) is 0 Å². The lowest BCUT2D eigenvalue weighted by Gasteiger charge is -2.42. The summed E-state index contributed by atoms with van der Waals surface area (Å²) in [6.07, 6.45) is -0.583. The van der Waals surface area contributed by atoms with E-state index < -0.39 is 41.8 Å². The highest BCUT2D eigenvalue weighted by molar-refractivity contribution is 6.41. The van der Waals surface area contributed by atoms with Gasteiger partial charge >= 0.3 is 19.1 Å². The van der Waals surface area contributed by atoms with Crippen LogP contribution < -0.4 is 15.8 Å². The van der Waals surface area contributed by atoms with Crippen LogP contribution in [0.1, 0.15) is 29.3 Å². The Morgan fingerprint density at radius 2 is 1.94 bits per heavy atom. The molecule has 12 nitrogen and oxygen atoms in total. The zero-order chi connectivity index (χ0) is 24.1. The zero-order valence-corrected chi connectivity index (χ0v) is 17.7. The average Bonchev–Trinajstić information content (AvgIpc) is 2.64. The summed E-state index contributed by atoms with van der Waals surface area (Å²) in [5.74, 6) is -3.40. The molecule has 0 unspecified atom stereocenters. The number of phenols is 1. The molecule has 1 aromatic carbocycles. The van der Waals surface area contributed by atoms with E-state index in [1.165, 1.54) is 19.1 Å². The third-order valence-corrected chi connectivity index (χ3v) is 5.02. The van der Waals surface area contributed by atoms with Gasteiger partial charge in [0.05, 0.1) is 6.42 Å². The van der Waals surface area contributed by atoms with E-state index >= 15 is 0 Å². The van der Waals surface area contributed by atoms with Crippen LogP contribution in [0.2, 0.25) is 6.32 Å². The molecular formula is C19H28BN3O9. The fourth-order valence-corrected chi connectivity index (χ4v) is 3.33. The molecule has 176 valence electrons. The van der Waals surface area contributed by atoms with Crippen LogP contribution in [0.25, 0.3) is 0 Å². The maximum atomic E-state index is 12.2. The van der Waals surface area contributed by atoms with Crippen molar-refractivity contribution in [2.75, 3.05) is 26.2 Å². The van der Waals surface area contributed by atoms with Crippen molar-refractivity contribution in [2.45, 2.75) is 37.7 Å². The second-order valence-corrected chi connectivity index (χ2v) is 8.02. The van der Waals surface area contributed by atoms with Gasteiger partial charge in [0.1, 0.15) is 28.7 Å². The maximum absolute atomic E-state index is 12.2. The number of hydrogen-bond acceptors (Lipinski definition) is 9. The Balaban J connectivity index is 1.93. The van der Waals surface area contributed by atoms with Crippen molar-refractivity contribution in [3.05, 3.63) is 23.3 Å². The third kappa shape index (κ3) is 6.82. The summed E-state index contributed by atoms with van der Waals surface area (Å²) in [5.41, 5.74) is 4.64. The maximum Gasteiger partial charge on any atom is 0.451 e. The van der Waals surface area contributed by atoms with Crippen molar-refractivity contribution in [1.29, 1.82) is 0 Å². The van der Waals surface area contributed by atoms with E-state index in [0.717, 1.165) is 0 Å². The van der Waals surface area contributed by atoms with E-state index in [4.69, 9.17) is 25.6 Å². The molecule has 0 radical (unpaired) electrons. The summed E-state index contributed by atoms with van der Waals surface area (Å²) in [5, 5.41) is 48.8. The minimum Gasteiger partial charge on any atom is -0.507 e. The molecule has 1 amide bonds. The Morgan fingerprint density at radius 1 is 1.28 bits per heavy atom. The summed E-state index contributed by atoms with van der Waals surface area (Å²) in [7, 11) is -1.58. The number of benzene rings is 1. The Hall–Kier alpha value is -2.87. The second-order valence-electron chi connectivity index (χ2n) is 8.02. The quantitative estimate of drug-likeness (QED) is 0.181. The molecule has 1 fully saturated rings. The fraction of sp³-hybridized carbons (Fsp3) is 0.526. The summed E-state index contributed by atoms with van der Waals surface area (Å²) in [6.45, 7) is 2.42. The summed E-state index contributed by atoms with van der Waals surface area (Å²) >= 11 is 0. The number of carbonyl (C=O) groups is 3. The van der Waals surface area contributed by atoms with Gasteiger partial charge in [0.25, 0.3) is 0 Å². The lowest BCUT2D eigenvalue weighted by atomic mass is 9.82. The fourth-order valence-electron chi connectivity index (χ4n) is 3.33. The van der Waals surface area contributed by atoms with E-state index in [2.05, 4.69) is 5.32 Å². The van der Waals surface area contributed by atoms with Gasteiger partial charge in [-0.25, -0.2) is 4.79 Å². The van der Waals surface area contributed by atoms with E-state index in [-0.39, 0.29) is 49.7 Å². The number of ether oxygens (including phenoxy) is 1. The number of nitrogens with two attached hydrogens (primary N) is 1. The first-order valence-electron chi connectivity index (χ1n) is 10.0. The lowest BCUT2D eigenvalue weighted by molar-refractivity contribution is -0.137. The van der Waals surface area contributed by atoms with Crippen LogP contribution in [0.3, 0.4) is 0 Å². The standard InChI is InChI=1S/C19H28BN3O9/c1-19(21,18(29)22-7-5-14(24)25)10-23-8-12(9-23)32-13-3-2-11(4-6-20(30)31)16(26)15(13)17(27)28/h2-3,12,26,30-31H,4-10,21H2,1H3,(H,22,29)(H,24,25)(H,27,28)/t19-/m1/s1. The minimum atomic E-state index is -1.58. The summed E-state index contributed by atoms with van der Waals surface area (Å²) in [6, 6.07) is 2.88. The average molecular weight is 453 g/mol. The predicted molar refractivity (Wildman–Crippen MR) is 112 cm³/mol. The molecule has 1 heterocycles. The smallest absolute Gasteiger partial charge is 0.451 e. The Kier molecular flexibility index (Phi) is 8.44. The number of carbonyl (C=O) groups excluding carboxylic acids is 1. The molecule has 0 aliphatic carbocycles. The highest BCUT2D eigenvalue weighted by Gasteiger charge is 2.37. The Labute approximate surface area is 184 Å². The monoisotopic (exact) mass is 453 g/mol. The number of rotatable bonds is 12. The molecule has 1 aliphatic heterocycles. The number of aryl methyl sites for hydroxylation is 1.